The Bertz CT molecular complexity index is 336. The predicted octanol–water partition coefficient (Wildman–Crippen LogP) is 2.48. The summed E-state index contributed by atoms with van der Waals surface area (Å²) in [6.45, 7) is 5.88. The molecule has 0 atom stereocenters. The maximum absolute atomic E-state index is 11.4. The Morgan fingerprint density at radius 3 is 2.88 bits per heavy atom. The van der Waals surface area contributed by atoms with Gasteiger partial charge in [-0.15, -0.1) is 0 Å². The summed E-state index contributed by atoms with van der Waals surface area (Å²) in [5.74, 6) is 3.12. The molecule has 1 aromatic heterocycles. The number of nitrogens with zero attached hydrogens (tertiary/aromatic N) is 2. The standard InChI is InChI=1S/C11H18N2O2S/c1-4-5-16-7-10-12-11(15-13-10)6-9(14)8(2)3/h8H,4-7H2,1-3H3. The fourth-order valence-electron chi connectivity index (χ4n) is 1.08. The molecule has 1 rings (SSSR count). The third-order valence-electron chi connectivity index (χ3n) is 2.06. The summed E-state index contributed by atoms with van der Waals surface area (Å²) in [5, 5.41) is 3.84. The van der Waals surface area contributed by atoms with Gasteiger partial charge in [0.2, 0.25) is 5.89 Å². The van der Waals surface area contributed by atoms with E-state index in [1.165, 1.54) is 0 Å². The molecule has 0 spiro atoms. The first-order chi connectivity index (χ1) is 7.63. The molecule has 0 N–H and O–H groups in total. The van der Waals surface area contributed by atoms with Crippen LogP contribution in [0.2, 0.25) is 0 Å². The van der Waals surface area contributed by atoms with Crippen LogP contribution < -0.4 is 0 Å². The lowest BCUT2D eigenvalue weighted by atomic mass is 10.1. The van der Waals surface area contributed by atoms with Gasteiger partial charge in [-0.3, -0.25) is 4.79 Å². The van der Waals surface area contributed by atoms with Crippen molar-refractivity contribution in [1.29, 1.82) is 0 Å². The minimum Gasteiger partial charge on any atom is -0.339 e. The third kappa shape index (κ3) is 4.35. The van der Waals surface area contributed by atoms with Crippen LogP contribution in [0.15, 0.2) is 4.52 Å². The molecule has 4 nitrogen and oxygen atoms in total. The highest BCUT2D eigenvalue weighted by molar-refractivity contribution is 7.98. The van der Waals surface area contributed by atoms with E-state index < -0.39 is 0 Å². The van der Waals surface area contributed by atoms with Crippen LogP contribution in [-0.2, 0) is 17.0 Å². The molecule has 0 aromatic carbocycles. The maximum atomic E-state index is 11.4. The number of carbonyl (C=O) groups is 1. The molecule has 0 aliphatic rings. The Kier molecular flexibility index (Phi) is 5.52. The van der Waals surface area contributed by atoms with E-state index >= 15 is 0 Å². The average Bonchev–Trinajstić information content (AvgIpc) is 2.66. The number of thioether (sulfide) groups is 1. The normalized spacial score (nSPS) is 11.0. The quantitative estimate of drug-likeness (QED) is 0.687. The van der Waals surface area contributed by atoms with Gasteiger partial charge in [0, 0.05) is 5.92 Å². The van der Waals surface area contributed by atoms with Crippen molar-refractivity contribution in [2.24, 2.45) is 5.92 Å². The highest BCUT2D eigenvalue weighted by Crippen LogP contribution is 2.11. The number of carbonyl (C=O) groups excluding carboxylic acids is 1. The molecule has 1 heterocycles. The van der Waals surface area contributed by atoms with Gasteiger partial charge in [-0.05, 0) is 12.2 Å². The molecule has 0 bridgehead atoms. The van der Waals surface area contributed by atoms with Gasteiger partial charge in [-0.2, -0.15) is 16.7 Å². The summed E-state index contributed by atoms with van der Waals surface area (Å²) in [5.41, 5.74) is 0. The van der Waals surface area contributed by atoms with E-state index in [9.17, 15) is 4.79 Å². The zero-order chi connectivity index (χ0) is 12.0. The fraction of sp³-hybridized carbons (Fsp3) is 0.727. The predicted molar refractivity (Wildman–Crippen MR) is 64.3 cm³/mol. The number of ketones is 1. The summed E-state index contributed by atoms with van der Waals surface area (Å²) in [7, 11) is 0. The lowest BCUT2D eigenvalue weighted by Crippen LogP contribution is -2.10. The molecule has 5 heteroatoms. The van der Waals surface area contributed by atoms with Crippen LogP contribution in [0.5, 0.6) is 0 Å². The lowest BCUT2D eigenvalue weighted by Gasteiger charge is -1.98. The minimum atomic E-state index is 0.0183. The molecule has 90 valence electrons. The summed E-state index contributed by atoms with van der Waals surface area (Å²) < 4.78 is 5.02. The summed E-state index contributed by atoms with van der Waals surface area (Å²) in [4.78, 5) is 15.6. The van der Waals surface area contributed by atoms with Crippen LogP contribution in [-0.4, -0.2) is 21.7 Å². The third-order valence-corrected chi connectivity index (χ3v) is 3.22. The molecule has 0 aliphatic heterocycles. The van der Waals surface area contributed by atoms with E-state index in [2.05, 4.69) is 17.1 Å². The van der Waals surface area contributed by atoms with Crippen molar-refractivity contribution < 1.29 is 9.32 Å². The molecule has 0 saturated heterocycles. The van der Waals surface area contributed by atoms with E-state index in [1.807, 2.05) is 13.8 Å². The molecule has 0 fully saturated rings. The van der Waals surface area contributed by atoms with Crippen LogP contribution in [0.25, 0.3) is 0 Å². The zero-order valence-corrected chi connectivity index (χ0v) is 10.8. The minimum absolute atomic E-state index is 0.0183. The Morgan fingerprint density at radius 2 is 2.25 bits per heavy atom. The van der Waals surface area contributed by atoms with Crippen molar-refractivity contribution in [2.45, 2.75) is 39.4 Å². The summed E-state index contributed by atoms with van der Waals surface area (Å²) in [6, 6.07) is 0. The van der Waals surface area contributed by atoms with Crippen LogP contribution in [0.1, 0.15) is 38.9 Å². The first-order valence-corrected chi connectivity index (χ1v) is 6.70. The van der Waals surface area contributed by atoms with E-state index in [1.54, 1.807) is 11.8 Å². The van der Waals surface area contributed by atoms with Crippen LogP contribution in [0, 0.1) is 5.92 Å². The van der Waals surface area contributed by atoms with Gasteiger partial charge < -0.3 is 4.52 Å². The molecule has 0 radical (unpaired) electrons. The SMILES string of the molecule is CCCSCc1noc(CC(=O)C(C)C)n1. The second-order valence-electron chi connectivity index (χ2n) is 3.95. The fourth-order valence-corrected chi connectivity index (χ4v) is 1.81. The van der Waals surface area contributed by atoms with Crippen LogP contribution in [0.4, 0.5) is 0 Å². The van der Waals surface area contributed by atoms with Crippen molar-refractivity contribution >= 4 is 17.5 Å². The number of Topliss-reactive ketones (excluding diaryl/α,β-unsaturated/α-hetero) is 1. The number of rotatable bonds is 7. The van der Waals surface area contributed by atoms with E-state index in [0.29, 0.717) is 11.7 Å². The molecule has 0 unspecified atom stereocenters. The van der Waals surface area contributed by atoms with Crippen molar-refractivity contribution in [3.63, 3.8) is 0 Å². The van der Waals surface area contributed by atoms with Crippen molar-refractivity contribution in [1.82, 2.24) is 10.1 Å². The zero-order valence-electron chi connectivity index (χ0n) is 10.0. The van der Waals surface area contributed by atoms with Gasteiger partial charge in [0.25, 0.3) is 0 Å². The number of hydrogen-bond donors (Lipinski definition) is 0. The Labute approximate surface area is 100 Å². The molecule has 0 aliphatic carbocycles. The van der Waals surface area contributed by atoms with Gasteiger partial charge in [0.05, 0.1) is 12.2 Å². The number of hydrogen-bond acceptors (Lipinski definition) is 5. The first kappa shape index (κ1) is 13.2. The van der Waals surface area contributed by atoms with Gasteiger partial charge in [-0.1, -0.05) is 25.9 Å². The first-order valence-electron chi connectivity index (χ1n) is 5.55. The van der Waals surface area contributed by atoms with Crippen LogP contribution in [0.3, 0.4) is 0 Å². The van der Waals surface area contributed by atoms with Gasteiger partial charge in [0.1, 0.15) is 5.78 Å². The van der Waals surface area contributed by atoms with E-state index in [-0.39, 0.29) is 18.1 Å². The average molecular weight is 242 g/mol. The lowest BCUT2D eigenvalue weighted by molar-refractivity contribution is -0.121. The highest BCUT2D eigenvalue weighted by atomic mass is 32.2. The molecule has 0 saturated carbocycles. The molecular formula is C11H18N2O2S. The molecule has 1 aromatic rings. The molecular weight excluding hydrogens is 224 g/mol. The molecule has 0 amide bonds. The van der Waals surface area contributed by atoms with E-state index in [0.717, 1.165) is 17.9 Å². The van der Waals surface area contributed by atoms with Gasteiger partial charge in [-0.25, -0.2) is 0 Å². The smallest absolute Gasteiger partial charge is 0.234 e. The topological polar surface area (TPSA) is 56.0 Å². The maximum Gasteiger partial charge on any atom is 0.234 e. The Hall–Kier alpha value is -0.840. The van der Waals surface area contributed by atoms with Crippen molar-refractivity contribution in [3.05, 3.63) is 11.7 Å². The Morgan fingerprint density at radius 1 is 1.50 bits per heavy atom. The van der Waals surface area contributed by atoms with Crippen molar-refractivity contribution in [2.75, 3.05) is 5.75 Å². The van der Waals surface area contributed by atoms with Gasteiger partial charge in [0.15, 0.2) is 5.82 Å². The van der Waals surface area contributed by atoms with E-state index in [4.69, 9.17) is 4.52 Å². The molecule has 16 heavy (non-hydrogen) atoms. The van der Waals surface area contributed by atoms with Crippen LogP contribution >= 0.6 is 11.8 Å². The summed E-state index contributed by atoms with van der Waals surface area (Å²) >= 11 is 1.77. The largest absolute Gasteiger partial charge is 0.339 e. The number of aromatic nitrogens is 2. The van der Waals surface area contributed by atoms with Crippen molar-refractivity contribution in [3.8, 4) is 0 Å². The Balaban J connectivity index is 2.42. The highest BCUT2D eigenvalue weighted by Gasteiger charge is 2.13. The monoisotopic (exact) mass is 242 g/mol. The van der Waals surface area contributed by atoms with Gasteiger partial charge >= 0.3 is 0 Å². The second-order valence-corrected chi connectivity index (χ2v) is 5.06. The second kappa shape index (κ2) is 6.68. The summed E-state index contributed by atoms with van der Waals surface area (Å²) in [6.07, 6.45) is 1.39.